The summed E-state index contributed by atoms with van der Waals surface area (Å²) in [7, 11) is 2.09. The van der Waals surface area contributed by atoms with Crippen molar-refractivity contribution in [2.45, 2.75) is 20.4 Å². The van der Waals surface area contributed by atoms with E-state index in [0.717, 1.165) is 25.3 Å². The maximum Gasteiger partial charge on any atom is 0.223 e. The fourth-order valence-corrected chi connectivity index (χ4v) is 2.19. The Morgan fingerprint density at radius 2 is 2.06 bits per heavy atom. The molecular formula is C13H18N2O. The Hall–Kier alpha value is -1.35. The fourth-order valence-electron chi connectivity index (χ4n) is 2.19. The summed E-state index contributed by atoms with van der Waals surface area (Å²) in [5, 5.41) is 0. The molecule has 3 nitrogen and oxygen atoms in total. The lowest BCUT2D eigenvalue weighted by Crippen LogP contribution is -2.33. The van der Waals surface area contributed by atoms with Crippen LogP contribution in [0, 0.1) is 6.92 Å². The standard InChI is InChI=1S/C13H18N2O/c1-10-4-5-13-12(8-10)9-14(3)6-7-15(13)11(2)16/h4-5,8H,6-7,9H2,1-3H3. The molecule has 1 amide bonds. The van der Waals surface area contributed by atoms with Gasteiger partial charge in [0.05, 0.1) is 0 Å². The summed E-state index contributed by atoms with van der Waals surface area (Å²) in [4.78, 5) is 15.7. The molecular weight excluding hydrogens is 200 g/mol. The van der Waals surface area contributed by atoms with Gasteiger partial charge in [0.2, 0.25) is 5.91 Å². The van der Waals surface area contributed by atoms with Crippen molar-refractivity contribution in [2.24, 2.45) is 0 Å². The van der Waals surface area contributed by atoms with Gasteiger partial charge in [0.15, 0.2) is 0 Å². The number of carbonyl (C=O) groups excluding carboxylic acids is 1. The molecule has 1 aromatic carbocycles. The average Bonchev–Trinajstić information content (AvgIpc) is 2.35. The highest BCUT2D eigenvalue weighted by Gasteiger charge is 2.20. The monoisotopic (exact) mass is 218 g/mol. The van der Waals surface area contributed by atoms with E-state index < -0.39 is 0 Å². The highest BCUT2D eigenvalue weighted by molar-refractivity contribution is 5.92. The molecule has 0 spiro atoms. The number of hydrogen-bond donors (Lipinski definition) is 0. The summed E-state index contributed by atoms with van der Waals surface area (Å²) >= 11 is 0. The van der Waals surface area contributed by atoms with Gasteiger partial charge in [0, 0.05) is 32.2 Å². The van der Waals surface area contributed by atoms with Gasteiger partial charge < -0.3 is 9.80 Å². The van der Waals surface area contributed by atoms with Gasteiger partial charge in [-0.25, -0.2) is 0 Å². The maximum atomic E-state index is 11.6. The summed E-state index contributed by atoms with van der Waals surface area (Å²) in [6.45, 7) is 6.34. The fraction of sp³-hybridized carbons (Fsp3) is 0.462. The molecule has 0 aliphatic carbocycles. The molecule has 1 aromatic rings. The quantitative estimate of drug-likeness (QED) is 0.663. The number of likely N-dealkylation sites (N-methyl/N-ethyl adjacent to an activating group) is 1. The zero-order chi connectivity index (χ0) is 11.7. The van der Waals surface area contributed by atoms with Crippen molar-refractivity contribution >= 4 is 11.6 Å². The maximum absolute atomic E-state index is 11.6. The van der Waals surface area contributed by atoms with Crippen LogP contribution in [0.4, 0.5) is 5.69 Å². The molecule has 86 valence electrons. The molecule has 0 radical (unpaired) electrons. The van der Waals surface area contributed by atoms with E-state index in [1.165, 1.54) is 11.1 Å². The molecule has 0 saturated carbocycles. The molecule has 1 aliphatic rings. The second-order valence-electron chi connectivity index (χ2n) is 4.54. The molecule has 2 rings (SSSR count). The minimum atomic E-state index is 0.125. The van der Waals surface area contributed by atoms with Crippen LogP contribution in [0.5, 0.6) is 0 Å². The highest BCUT2D eigenvalue weighted by atomic mass is 16.2. The number of nitrogens with zero attached hydrogens (tertiary/aromatic N) is 2. The number of amides is 1. The van der Waals surface area contributed by atoms with Gasteiger partial charge in [-0.15, -0.1) is 0 Å². The lowest BCUT2D eigenvalue weighted by Gasteiger charge is -2.21. The van der Waals surface area contributed by atoms with Gasteiger partial charge >= 0.3 is 0 Å². The third-order valence-corrected chi connectivity index (χ3v) is 3.05. The van der Waals surface area contributed by atoms with Crippen LogP contribution in [-0.2, 0) is 11.3 Å². The highest BCUT2D eigenvalue weighted by Crippen LogP contribution is 2.25. The van der Waals surface area contributed by atoms with Crippen LogP contribution in [0.2, 0.25) is 0 Å². The molecule has 0 fully saturated rings. The molecule has 0 saturated heterocycles. The Morgan fingerprint density at radius 3 is 2.75 bits per heavy atom. The van der Waals surface area contributed by atoms with E-state index >= 15 is 0 Å². The molecule has 1 heterocycles. The van der Waals surface area contributed by atoms with Crippen molar-refractivity contribution in [3.63, 3.8) is 0 Å². The van der Waals surface area contributed by atoms with Crippen molar-refractivity contribution in [3.8, 4) is 0 Å². The second-order valence-corrected chi connectivity index (χ2v) is 4.54. The number of anilines is 1. The van der Waals surface area contributed by atoms with Gasteiger partial charge in [-0.3, -0.25) is 4.79 Å². The van der Waals surface area contributed by atoms with Crippen LogP contribution < -0.4 is 4.90 Å². The molecule has 3 heteroatoms. The normalized spacial score (nSPS) is 16.8. The average molecular weight is 218 g/mol. The number of fused-ring (bicyclic) bond motifs is 1. The summed E-state index contributed by atoms with van der Waals surface area (Å²) in [5.41, 5.74) is 3.57. The number of rotatable bonds is 0. The zero-order valence-corrected chi connectivity index (χ0v) is 10.2. The van der Waals surface area contributed by atoms with Crippen LogP contribution in [0.15, 0.2) is 18.2 Å². The van der Waals surface area contributed by atoms with Crippen molar-refractivity contribution in [3.05, 3.63) is 29.3 Å². The lowest BCUT2D eigenvalue weighted by atomic mass is 10.1. The van der Waals surface area contributed by atoms with Crippen LogP contribution in [0.1, 0.15) is 18.1 Å². The van der Waals surface area contributed by atoms with Gasteiger partial charge in [0.25, 0.3) is 0 Å². The smallest absolute Gasteiger partial charge is 0.223 e. The largest absolute Gasteiger partial charge is 0.311 e. The lowest BCUT2D eigenvalue weighted by molar-refractivity contribution is -0.116. The number of hydrogen-bond acceptors (Lipinski definition) is 2. The third-order valence-electron chi connectivity index (χ3n) is 3.05. The van der Waals surface area contributed by atoms with E-state index in [9.17, 15) is 4.79 Å². The Morgan fingerprint density at radius 1 is 1.31 bits per heavy atom. The summed E-state index contributed by atoms with van der Waals surface area (Å²) < 4.78 is 0. The van der Waals surface area contributed by atoms with E-state index in [1.807, 2.05) is 4.90 Å². The van der Waals surface area contributed by atoms with Crippen LogP contribution >= 0.6 is 0 Å². The van der Waals surface area contributed by atoms with Gasteiger partial charge in [0.1, 0.15) is 0 Å². The predicted octanol–water partition coefficient (Wildman–Crippen LogP) is 1.79. The Bertz CT molecular complexity index is 414. The molecule has 0 N–H and O–H groups in total. The molecule has 0 unspecified atom stereocenters. The minimum Gasteiger partial charge on any atom is -0.311 e. The van der Waals surface area contributed by atoms with Gasteiger partial charge in [-0.05, 0) is 25.6 Å². The molecule has 16 heavy (non-hydrogen) atoms. The summed E-state index contributed by atoms with van der Waals surface area (Å²) in [6, 6.07) is 6.30. The second kappa shape index (κ2) is 4.26. The first kappa shape index (κ1) is 11.1. The van der Waals surface area contributed by atoms with Crippen LogP contribution in [-0.4, -0.2) is 30.9 Å². The van der Waals surface area contributed by atoms with Crippen molar-refractivity contribution < 1.29 is 4.79 Å². The first-order valence-electron chi connectivity index (χ1n) is 5.64. The molecule has 0 bridgehead atoms. The van der Waals surface area contributed by atoms with Gasteiger partial charge in [-0.2, -0.15) is 0 Å². The Balaban J connectivity index is 2.46. The Kier molecular flexibility index (Phi) is 2.97. The number of benzene rings is 1. The van der Waals surface area contributed by atoms with Crippen LogP contribution in [0.3, 0.4) is 0 Å². The topological polar surface area (TPSA) is 23.6 Å². The first-order valence-corrected chi connectivity index (χ1v) is 5.64. The van der Waals surface area contributed by atoms with E-state index in [4.69, 9.17) is 0 Å². The van der Waals surface area contributed by atoms with Crippen molar-refractivity contribution in [1.82, 2.24) is 4.90 Å². The molecule has 1 aliphatic heterocycles. The van der Waals surface area contributed by atoms with E-state index in [0.29, 0.717) is 0 Å². The summed E-state index contributed by atoms with van der Waals surface area (Å²) in [5.74, 6) is 0.125. The SMILES string of the molecule is CC(=O)N1CCN(C)Cc2cc(C)ccc21. The number of carbonyl (C=O) groups is 1. The van der Waals surface area contributed by atoms with Crippen molar-refractivity contribution in [1.29, 1.82) is 0 Å². The Labute approximate surface area is 96.7 Å². The van der Waals surface area contributed by atoms with Gasteiger partial charge in [-0.1, -0.05) is 17.7 Å². The number of aryl methyl sites for hydroxylation is 1. The first-order chi connectivity index (χ1) is 7.58. The predicted molar refractivity (Wildman–Crippen MR) is 65.5 cm³/mol. The van der Waals surface area contributed by atoms with Crippen LogP contribution in [0.25, 0.3) is 0 Å². The van der Waals surface area contributed by atoms with E-state index in [2.05, 4.69) is 37.1 Å². The van der Waals surface area contributed by atoms with E-state index in [1.54, 1.807) is 6.92 Å². The summed E-state index contributed by atoms with van der Waals surface area (Å²) in [6.07, 6.45) is 0. The van der Waals surface area contributed by atoms with Crippen molar-refractivity contribution in [2.75, 3.05) is 25.0 Å². The minimum absolute atomic E-state index is 0.125. The third kappa shape index (κ3) is 2.09. The van der Waals surface area contributed by atoms with E-state index in [-0.39, 0.29) is 5.91 Å². The molecule has 0 aromatic heterocycles. The zero-order valence-electron chi connectivity index (χ0n) is 10.2. The molecule has 0 atom stereocenters.